The summed E-state index contributed by atoms with van der Waals surface area (Å²) in [5.74, 6) is 0.781. The van der Waals surface area contributed by atoms with E-state index in [9.17, 15) is 5.11 Å². The molecule has 0 spiro atoms. The molecule has 1 saturated carbocycles. The van der Waals surface area contributed by atoms with Gasteiger partial charge in [0.25, 0.3) is 0 Å². The fraction of sp³-hybridized carbons (Fsp3) is 0.571. The van der Waals surface area contributed by atoms with Gasteiger partial charge < -0.3 is 9.84 Å². The van der Waals surface area contributed by atoms with Crippen molar-refractivity contribution in [2.45, 2.75) is 44.8 Å². The lowest BCUT2D eigenvalue weighted by Gasteiger charge is -2.42. The number of aliphatic hydroxyl groups excluding tert-OH is 1. The van der Waals surface area contributed by atoms with Gasteiger partial charge in [-0.2, -0.15) is 0 Å². The van der Waals surface area contributed by atoms with Gasteiger partial charge in [-0.25, -0.2) is 0 Å². The Morgan fingerprint density at radius 3 is 2.71 bits per heavy atom. The van der Waals surface area contributed by atoms with Crippen molar-refractivity contribution >= 4 is 11.6 Å². The first kappa shape index (κ1) is 11.4. The van der Waals surface area contributed by atoms with Crippen LogP contribution < -0.4 is 4.74 Å². The highest BCUT2D eigenvalue weighted by Crippen LogP contribution is 2.59. The molecule has 2 aliphatic rings. The summed E-state index contributed by atoms with van der Waals surface area (Å²) in [6, 6.07) is 5.48. The Balaban J connectivity index is 2.01. The Kier molecular flexibility index (Phi) is 2.27. The summed E-state index contributed by atoms with van der Waals surface area (Å²) in [6.45, 7) is 4.35. The Morgan fingerprint density at radius 2 is 2.06 bits per heavy atom. The fourth-order valence-electron chi connectivity index (χ4n) is 2.72. The van der Waals surface area contributed by atoms with Gasteiger partial charge in [-0.3, -0.25) is 0 Å². The Morgan fingerprint density at radius 1 is 1.35 bits per heavy atom. The summed E-state index contributed by atoms with van der Waals surface area (Å²) in [5, 5.41) is 10.9. The van der Waals surface area contributed by atoms with E-state index in [0.717, 1.165) is 11.3 Å². The van der Waals surface area contributed by atoms with Crippen molar-refractivity contribution in [1.29, 1.82) is 0 Å². The molecule has 1 N–H and O–H groups in total. The van der Waals surface area contributed by atoms with Crippen molar-refractivity contribution in [3.05, 3.63) is 28.8 Å². The standard InChI is InChI=1S/C14H17ClO2/c1-13(5-6-13)14(2)8-11(16)10-7-9(15)3-4-12(10)17-14/h3-4,7,11,16H,5-6,8H2,1-2H3/t11-,14?/m0/s1. The lowest BCUT2D eigenvalue weighted by atomic mass is 9.79. The van der Waals surface area contributed by atoms with Crippen LogP contribution >= 0.6 is 11.6 Å². The summed E-state index contributed by atoms with van der Waals surface area (Å²) in [7, 11) is 0. The second-order valence-corrected chi connectivity index (χ2v) is 6.23. The number of rotatable bonds is 1. The smallest absolute Gasteiger partial charge is 0.126 e. The van der Waals surface area contributed by atoms with Crippen LogP contribution in [-0.4, -0.2) is 10.7 Å². The quantitative estimate of drug-likeness (QED) is 0.826. The summed E-state index contributed by atoms with van der Waals surface area (Å²) < 4.78 is 6.15. The van der Waals surface area contributed by atoms with Crippen LogP contribution in [0.3, 0.4) is 0 Å². The van der Waals surface area contributed by atoms with Gasteiger partial charge in [-0.1, -0.05) is 18.5 Å². The first-order chi connectivity index (χ1) is 7.94. The fourth-order valence-corrected chi connectivity index (χ4v) is 2.90. The molecule has 0 saturated heterocycles. The van der Waals surface area contributed by atoms with Crippen LogP contribution in [0.1, 0.15) is 44.8 Å². The third kappa shape index (κ3) is 1.66. The number of hydrogen-bond acceptors (Lipinski definition) is 2. The number of ether oxygens (including phenoxy) is 1. The van der Waals surface area contributed by atoms with Gasteiger partial charge in [0.2, 0.25) is 0 Å². The van der Waals surface area contributed by atoms with Crippen molar-refractivity contribution in [1.82, 2.24) is 0 Å². The minimum absolute atomic E-state index is 0.214. The lowest BCUT2D eigenvalue weighted by molar-refractivity contribution is -0.0472. The molecule has 0 bridgehead atoms. The monoisotopic (exact) mass is 252 g/mol. The first-order valence-corrected chi connectivity index (χ1v) is 6.48. The van der Waals surface area contributed by atoms with E-state index in [0.29, 0.717) is 11.4 Å². The number of hydrogen-bond donors (Lipinski definition) is 1. The van der Waals surface area contributed by atoms with E-state index >= 15 is 0 Å². The number of benzene rings is 1. The average Bonchev–Trinajstić information content (AvgIpc) is 3.00. The van der Waals surface area contributed by atoms with Gasteiger partial charge in [0.05, 0.1) is 6.10 Å². The van der Waals surface area contributed by atoms with Crippen molar-refractivity contribution in [3.63, 3.8) is 0 Å². The molecular weight excluding hydrogens is 236 g/mol. The maximum absolute atomic E-state index is 10.3. The minimum Gasteiger partial charge on any atom is -0.487 e. The van der Waals surface area contributed by atoms with Crippen molar-refractivity contribution in [2.24, 2.45) is 5.41 Å². The Hall–Kier alpha value is -0.730. The van der Waals surface area contributed by atoms with Crippen molar-refractivity contribution < 1.29 is 9.84 Å². The molecule has 1 fully saturated rings. The second-order valence-electron chi connectivity index (χ2n) is 5.80. The van der Waals surface area contributed by atoms with Gasteiger partial charge in [0.1, 0.15) is 11.4 Å². The Labute approximate surface area is 107 Å². The molecule has 1 aliphatic heterocycles. The van der Waals surface area contributed by atoms with Crippen molar-refractivity contribution in [2.75, 3.05) is 0 Å². The van der Waals surface area contributed by atoms with Crippen LogP contribution in [-0.2, 0) is 0 Å². The molecule has 0 aromatic heterocycles. The normalized spacial score (nSPS) is 33.8. The van der Waals surface area contributed by atoms with Crippen LogP contribution in [0, 0.1) is 5.41 Å². The van der Waals surface area contributed by atoms with Gasteiger partial charge in [0.15, 0.2) is 0 Å². The van der Waals surface area contributed by atoms with E-state index in [1.807, 2.05) is 12.1 Å². The summed E-state index contributed by atoms with van der Waals surface area (Å²) in [4.78, 5) is 0. The highest BCUT2D eigenvalue weighted by molar-refractivity contribution is 6.30. The lowest BCUT2D eigenvalue weighted by Crippen LogP contribution is -2.45. The highest BCUT2D eigenvalue weighted by atomic mass is 35.5. The van der Waals surface area contributed by atoms with Crippen LogP contribution in [0.5, 0.6) is 5.75 Å². The maximum Gasteiger partial charge on any atom is 0.126 e. The zero-order valence-corrected chi connectivity index (χ0v) is 10.9. The van der Waals surface area contributed by atoms with Crippen molar-refractivity contribution in [3.8, 4) is 5.75 Å². The molecule has 1 aliphatic carbocycles. The predicted molar refractivity (Wildman–Crippen MR) is 67.4 cm³/mol. The van der Waals surface area contributed by atoms with E-state index < -0.39 is 6.10 Å². The van der Waals surface area contributed by atoms with Gasteiger partial charge >= 0.3 is 0 Å². The molecule has 1 heterocycles. The van der Waals surface area contributed by atoms with E-state index in [2.05, 4.69) is 13.8 Å². The summed E-state index contributed by atoms with van der Waals surface area (Å²) >= 11 is 5.95. The van der Waals surface area contributed by atoms with Gasteiger partial charge in [0, 0.05) is 22.4 Å². The van der Waals surface area contributed by atoms with Crippen LogP contribution in [0.15, 0.2) is 18.2 Å². The van der Waals surface area contributed by atoms with E-state index in [1.54, 1.807) is 6.07 Å². The average molecular weight is 253 g/mol. The number of aliphatic hydroxyl groups is 1. The van der Waals surface area contributed by atoms with E-state index in [4.69, 9.17) is 16.3 Å². The molecular formula is C14H17ClO2. The van der Waals surface area contributed by atoms with Crippen LogP contribution in [0.25, 0.3) is 0 Å². The summed E-state index contributed by atoms with van der Waals surface area (Å²) in [6.07, 6.45) is 2.54. The van der Waals surface area contributed by atoms with Gasteiger partial charge in [-0.05, 0) is 38.0 Å². The number of halogens is 1. The molecule has 0 amide bonds. The molecule has 1 aromatic rings. The third-order valence-electron chi connectivity index (χ3n) is 4.53. The molecule has 0 radical (unpaired) electrons. The van der Waals surface area contributed by atoms with E-state index in [-0.39, 0.29) is 11.0 Å². The molecule has 3 rings (SSSR count). The molecule has 17 heavy (non-hydrogen) atoms. The summed E-state index contributed by atoms with van der Waals surface area (Å²) in [5.41, 5.74) is 0.776. The highest BCUT2D eigenvalue weighted by Gasteiger charge is 2.57. The number of fused-ring (bicyclic) bond motifs is 1. The minimum atomic E-state index is -0.472. The predicted octanol–water partition coefficient (Wildman–Crippen LogP) is 3.71. The zero-order valence-electron chi connectivity index (χ0n) is 10.2. The SMILES string of the molecule is CC1(C2(C)C[C@H](O)c3cc(Cl)ccc3O2)CC1. The molecule has 2 nitrogen and oxygen atoms in total. The second kappa shape index (κ2) is 3.39. The molecule has 1 aromatic carbocycles. The van der Waals surface area contributed by atoms with Crippen LogP contribution in [0.2, 0.25) is 5.02 Å². The molecule has 3 heteroatoms. The third-order valence-corrected chi connectivity index (χ3v) is 4.76. The van der Waals surface area contributed by atoms with Crippen LogP contribution in [0.4, 0.5) is 0 Å². The van der Waals surface area contributed by atoms with Gasteiger partial charge in [-0.15, -0.1) is 0 Å². The molecule has 1 unspecified atom stereocenters. The Bertz CT molecular complexity index is 467. The molecule has 92 valence electrons. The maximum atomic E-state index is 10.3. The topological polar surface area (TPSA) is 29.5 Å². The zero-order chi connectivity index (χ0) is 12.3. The first-order valence-electron chi connectivity index (χ1n) is 6.10. The van der Waals surface area contributed by atoms with E-state index in [1.165, 1.54) is 12.8 Å². The largest absolute Gasteiger partial charge is 0.487 e. The molecule has 2 atom stereocenters.